The van der Waals surface area contributed by atoms with Gasteiger partial charge in [0.1, 0.15) is 15.9 Å². The molecule has 0 spiro atoms. The molecule has 6 nitrogen and oxygen atoms in total. The van der Waals surface area contributed by atoms with Crippen molar-refractivity contribution in [2.24, 2.45) is 12.8 Å². The zero-order valence-corrected chi connectivity index (χ0v) is 17.1. The molecule has 0 aliphatic heterocycles. The lowest BCUT2D eigenvalue weighted by Gasteiger charge is -2.16. The van der Waals surface area contributed by atoms with E-state index in [4.69, 9.17) is 5.73 Å². The minimum atomic E-state index is -0.551. The number of primary amides is 1. The van der Waals surface area contributed by atoms with Crippen molar-refractivity contribution in [3.63, 3.8) is 0 Å². The second kappa shape index (κ2) is 7.63. The monoisotopic (exact) mass is 453 g/mol. The Morgan fingerprint density at radius 1 is 1.24 bits per heavy atom. The molecule has 146 valence electrons. The number of aromatic nitrogens is 3. The molecular formula is C21H17BrFN5O. The number of nitrogens with one attached hydrogen (secondary N) is 1. The van der Waals surface area contributed by atoms with Crippen LogP contribution >= 0.6 is 15.9 Å². The molecule has 0 fully saturated rings. The highest BCUT2D eigenvalue weighted by molar-refractivity contribution is 9.10. The van der Waals surface area contributed by atoms with E-state index in [0.717, 1.165) is 11.1 Å². The Morgan fingerprint density at radius 3 is 2.83 bits per heavy atom. The average Bonchev–Trinajstić information content (AvgIpc) is 3.09. The molecule has 0 atom stereocenters. The fourth-order valence-electron chi connectivity index (χ4n) is 3.32. The van der Waals surface area contributed by atoms with Crippen molar-refractivity contribution in [1.29, 1.82) is 0 Å². The summed E-state index contributed by atoms with van der Waals surface area (Å²) >= 11 is 3.35. The van der Waals surface area contributed by atoms with Gasteiger partial charge in [0.15, 0.2) is 0 Å². The van der Waals surface area contributed by atoms with Crippen LogP contribution < -0.4 is 11.1 Å². The van der Waals surface area contributed by atoms with Crippen molar-refractivity contribution in [2.75, 3.05) is 5.32 Å². The van der Waals surface area contributed by atoms with E-state index in [0.29, 0.717) is 38.9 Å². The lowest BCUT2D eigenvalue weighted by Crippen LogP contribution is -2.15. The Bertz CT molecular complexity index is 1240. The van der Waals surface area contributed by atoms with Gasteiger partial charge < -0.3 is 11.1 Å². The summed E-state index contributed by atoms with van der Waals surface area (Å²) in [6.07, 6.45) is 3.33. The normalized spacial score (nSPS) is 11.0. The highest BCUT2D eigenvalue weighted by Gasteiger charge is 2.18. The minimum Gasteiger partial charge on any atom is -0.380 e. The molecule has 0 unspecified atom stereocenters. The summed E-state index contributed by atoms with van der Waals surface area (Å²) in [4.78, 5) is 16.2. The number of nitrogens with zero attached hydrogens (tertiary/aromatic N) is 3. The SMILES string of the molecule is Cn1cc2c(F)ccc(-c3cccc(C(N)=O)c3NCc3ccnc(Br)c3)c2n1. The summed E-state index contributed by atoms with van der Waals surface area (Å²) in [5, 5.41) is 8.14. The third-order valence-electron chi connectivity index (χ3n) is 4.62. The molecule has 0 bridgehead atoms. The Morgan fingerprint density at radius 2 is 2.07 bits per heavy atom. The lowest BCUT2D eigenvalue weighted by atomic mass is 9.97. The molecule has 29 heavy (non-hydrogen) atoms. The van der Waals surface area contributed by atoms with E-state index in [1.807, 2.05) is 18.2 Å². The maximum absolute atomic E-state index is 14.3. The van der Waals surface area contributed by atoms with Crippen molar-refractivity contribution in [1.82, 2.24) is 14.8 Å². The quantitative estimate of drug-likeness (QED) is 0.442. The minimum absolute atomic E-state index is 0.348. The van der Waals surface area contributed by atoms with Crippen LogP contribution in [0.4, 0.5) is 10.1 Å². The second-order valence-electron chi connectivity index (χ2n) is 6.59. The van der Waals surface area contributed by atoms with Gasteiger partial charge in [-0.05, 0) is 51.8 Å². The number of anilines is 1. The molecule has 0 saturated carbocycles. The van der Waals surface area contributed by atoms with Gasteiger partial charge in [-0.25, -0.2) is 9.37 Å². The summed E-state index contributed by atoms with van der Waals surface area (Å²) in [6.45, 7) is 0.449. The fourth-order valence-corrected chi connectivity index (χ4v) is 3.73. The average molecular weight is 454 g/mol. The first-order valence-electron chi connectivity index (χ1n) is 8.83. The van der Waals surface area contributed by atoms with Gasteiger partial charge in [-0.1, -0.05) is 12.1 Å². The van der Waals surface area contributed by atoms with E-state index in [9.17, 15) is 9.18 Å². The first kappa shape index (κ1) is 19.1. The van der Waals surface area contributed by atoms with Crippen molar-refractivity contribution in [2.45, 2.75) is 6.54 Å². The molecule has 2 heterocycles. The third-order valence-corrected chi connectivity index (χ3v) is 5.05. The van der Waals surface area contributed by atoms with Gasteiger partial charge in [-0.15, -0.1) is 0 Å². The van der Waals surface area contributed by atoms with Crippen LogP contribution in [0.5, 0.6) is 0 Å². The summed E-state index contributed by atoms with van der Waals surface area (Å²) in [7, 11) is 1.74. The van der Waals surface area contributed by atoms with Crippen molar-refractivity contribution in [3.05, 3.63) is 76.4 Å². The molecule has 0 radical (unpaired) electrons. The lowest BCUT2D eigenvalue weighted by molar-refractivity contribution is 0.100. The Labute approximate surface area is 174 Å². The number of benzene rings is 2. The van der Waals surface area contributed by atoms with Crippen LogP contribution in [-0.2, 0) is 13.6 Å². The summed E-state index contributed by atoms with van der Waals surface area (Å²) < 4.78 is 16.5. The number of rotatable bonds is 5. The number of fused-ring (bicyclic) bond motifs is 1. The van der Waals surface area contributed by atoms with Gasteiger partial charge in [0.05, 0.1) is 16.6 Å². The molecule has 3 N–H and O–H groups in total. The maximum Gasteiger partial charge on any atom is 0.250 e. The zero-order chi connectivity index (χ0) is 20.5. The first-order valence-corrected chi connectivity index (χ1v) is 9.62. The van der Waals surface area contributed by atoms with E-state index in [-0.39, 0.29) is 5.82 Å². The van der Waals surface area contributed by atoms with Gasteiger partial charge in [0, 0.05) is 37.1 Å². The number of nitrogens with two attached hydrogens (primary N) is 1. The molecule has 0 aliphatic carbocycles. The van der Waals surface area contributed by atoms with Crippen molar-refractivity contribution >= 4 is 38.4 Å². The van der Waals surface area contributed by atoms with Crippen molar-refractivity contribution < 1.29 is 9.18 Å². The molecule has 1 amide bonds. The molecule has 4 aromatic rings. The number of carbonyl (C=O) groups is 1. The highest BCUT2D eigenvalue weighted by Crippen LogP contribution is 2.36. The molecule has 0 saturated heterocycles. The Hall–Kier alpha value is -3.26. The molecule has 2 aromatic carbocycles. The number of pyridine rings is 1. The summed E-state index contributed by atoms with van der Waals surface area (Å²) in [5.74, 6) is -0.899. The van der Waals surface area contributed by atoms with Crippen LogP contribution in [0.3, 0.4) is 0 Å². The van der Waals surface area contributed by atoms with E-state index >= 15 is 0 Å². The van der Waals surface area contributed by atoms with E-state index in [2.05, 4.69) is 31.3 Å². The van der Waals surface area contributed by atoms with E-state index in [1.54, 1.807) is 42.3 Å². The van der Waals surface area contributed by atoms with Gasteiger partial charge in [0.25, 0.3) is 5.91 Å². The largest absolute Gasteiger partial charge is 0.380 e. The predicted octanol–water partition coefficient (Wildman–Crippen LogP) is 4.25. The van der Waals surface area contributed by atoms with Crippen LogP contribution in [0.1, 0.15) is 15.9 Å². The van der Waals surface area contributed by atoms with Crippen molar-refractivity contribution in [3.8, 4) is 11.1 Å². The highest BCUT2D eigenvalue weighted by atomic mass is 79.9. The van der Waals surface area contributed by atoms with Gasteiger partial charge in [-0.2, -0.15) is 5.10 Å². The predicted molar refractivity (Wildman–Crippen MR) is 114 cm³/mol. The van der Waals surface area contributed by atoms with Gasteiger partial charge in [-0.3, -0.25) is 9.48 Å². The fraction of sp³-hybridized carbons (Fsp3) is 0.0952. The van der Waals surface area contributed by atoms with Crippen LogP contribution in [-0.4, -0.2) is 20.7 Å². The third kappa shape index (κ3) is 3.71. The van der Waals surface area contributed by atoms with E-state index < -0.39 is 5.91 Å². The topological polar surface area (TPSA) is 85.8 Å². The number of hydrogen-bond donors (Lipinski definition) is 2. The van der Waals surface area contributed by atoms with Crippen LogP contribution in [0.15, 0.2) is 59.5 Å². The summed E-state index contributed by atoms with van der Waals surface area (Å²) in [6, 6.07) is 12.1. The van der Waals surface area contributed by atoms with E-state index in [1.165, 1.54) is 6.07 Å². The smallest absolute Gasteiger partial charge is 0.250 e. The number of amides is 1. The zero-order valence-electron chi connectivity index (χ0n) is 15.5. The molecule has 2 aromatic heterocycles. The maximum atomic E-state index is 14.3. The number of aryl methyl sites for hydroxylation is 1. The Kier molecular flexibility index (Phi) is 5.02. The van der Waals surface area contributed by atoms with Crippen LogP contribution in [0, 0.1) is 5.82 Å². The number of halogens is 2. The number of carbonyl (C=O) groups excluding carboxylic acids is 1. The second-order valence-corrected chi connectivity index (χ2v) is 7.41. The number of hydrogen-bond acceptors (Lipinski definition) is 4. The van der Waals surface area contributed by atoms with Gasteiger partial charge in [0.2, 0.25) is 0 Å². The standard InChI is InChI=1S/C21H17BrFN5O/c1-28-11-16-17(23)6-5-14(20(16)27-28)13-3-2-4-15(21(24)29)19(13)26-10-12-7-8-25-18(22)9-12/h2-9,11,26H,10H2,1H3,(H2,24,29). The first-order chi connectivity index (χ1) is 13.9. The van der Waals surface area contributed by atoms with Gasteiger partial charge >= 0.3 is 0 Å². The van der Waals surface area contributed by atoms with Crippen LogP contribution in [0.25, 0.3) is 22.0 Å². The van der Waals surface area contributed by atoms with Crippen LogP contribution in [0.2, 0.25) is 0 Å². The molecular weight excluding hydrogens is 437 g/mol. The molecule has 4 rings (SSSR count). The Balaban J connectivity index is 1.85. The molecule has 8 heteroatoms. The molecule has 0 aliphatic rings. The summed E-state index contributed by atoms with van der Waals surface area (Å²) in [5.41, 5.74) is 9.47. The number of para-hydroxylation sites is 1.